The number of benzene rings is 1. The third-order valence-corrected chi connectivity index (χ3v) is 4.66. The smallest absolute Gasteiger partial charge is 0.134 e. The highest BCUT2D eigenvalue weighted by atomic mass is 15.3. The summed E-state index contributed by atoms with van der Waals surface area (Å²) < 4.78 is 0. The molecule has 0 saturated carbocycles. The number of hydrogen-bond donors (Lipinski definition) is 1. The molecule has 1 saturated heterocycles. The van der Waals surface area contributed by atoms with Crippen LogP contribution in [0.1, 0.15) is 25.3 Å². The zero-order valence-electron chi connectivity index (χ0n) is 15.6. The van der Waals surface area contributed by atoms with Crippen LogP contribution in [-0.4, -0.2) is 54.1 Å². The number of hydrogen-bond acceptors (Lipinski definition) is 5. The van der Waals surface area contributed by atoms with E-state index in [4.69, 9.17) is 0 Å². The first-order valence-corrected chi connectivity index (χ1v) is 9.60. The van der Waals surface area contributed by atoms with Gasteiger partial charge in [0.15, 0.2) is 0 Å². The largest absolute Gasteiger partial charge is 0.370 e. The number of piperazine rings is 1. The Morgan fingerprint density at radius 1 is 1.08 bits per heavy atom. The monoisotopic (exact) mass is 351 g/mol. The van der Waals surface area contributed by atoms with Crippen molar-refractivity contribution in [2.75, 3.05) is 49.5 Å². The van der Waals surface area contributed by atoms with Crippen molar-refractivity contribution in [3.63, 3.8) is 0 Å². The van der Waals surface area contributed by atoms with Gasteiger partial charge in [-0.2, -0.15) is 0 Å². The highest BCUT2D eigenvalue weighted by Gasteiger charge is 2.17. The average molecular weight is 351 g/mol. The molecule has 3 rings (SSSR count). The number of aromatic nitrogens is 2. The fourth-order valence-electron chi connectivity index (χ4n) is 3.07. The SMILES string of the molecule is CCCCNc1cc(N2CCN(C/C=C/c3ccccc3)CC2)ncn1. The van der Waals surface area contributed by atoms with Gasteiger partial charge in [0, 0.05) is 45.3 Å². The Labute approximate surface area is 156 Å². The summed E-state index contributed by atoms with van der Waals surface area (Å²) in [5, 5.41) is 3.38. The fourth-order valence-corrected chi connectivity index (χ4v) is 3.07. The number of anilines is 2. The first kappa shape index (κ1) is 18.4. The lowest BCUT2D eigenvalue weighted by molar-refractivity contribution is 0.283. The van der Waals surface area contributed by atoms with Gasteiger partial charge in [-0.3, -0.25) is 4.90 Å². The molecule has 26 heavy (non-hydrogen) atoms. The molecule has 0 atom stereocenters. The summed E-state index contributed by atoms with van der Waals surface area (Å²) in [6, 6.07) is 12.5. The van der Waals surface area contributed by atoms with E-state index in [0.29, 0.717) is 0 Å². The molecule has 0 amide bonds. The van der Waals surface area contributed by atoms with Crippen molar-refractivity contribution in [3.8, 4) is 0 Å². The van der Waals surface area contributed by atoms with Crippen molar-refractivity contribution in [1.29, 1.82) is 0 Å². The van der Waals surface area contributed by atoms with E-state index in [9.17, 15) is 0 Å². The molecule has 138 valence electrons. The Hall–Kier alpha value is -2.40. The second kappa shape index (κ2) is 9.92. The second-order valence-electron chi connectivity index (χ2n) is 6.64. The molecule has 2 heterocycles. The lowest BCUT2D eigenvalue weighted by Gasteiger charge is -2.34. The zero-order valence-corrected chi connectivity index (χ0v) is 15.6. The van der Waals surface area contributed by atoms with Crippen molar-refractivity contribution in [2.24, 2.45) is 0 Å². The van der Waals surface area contributed by atoms with E-state index < -0.39 is 0 Å². The number of nitrogens with zero attached hydrogens (tertiary/aromatic N) is 4. The molecule has 0 bridgehead atoms. The van der Waals surface area contributed by atoms with Crippen LogP contribution in [0.4, 0.5) is 11.6 Å². The minimum atomic E-state index is 0.927. The Kier molecular flexibility index (Phi) is 7.02. The van der Waals surface area contributed by atoms with Crippen LogP contribution in [0.3, 0.4) is 0 Å². The minimum Gasteiger partial charge on any atom is -0.370 e. The van der Waals surface area contributed by atoms with E-state index in [1.54, 1.807) is 6.33 Å². The third-order valence-electron chi connectivity index (χ3n) is 4.66. The fraction of sp³-hybridized carbons (Fsp3) is 0.429. The van der Waals surface area contributed by atoms with Crippen molar-refractivity contribution < 1.29 is 0 Å². The van der Waals surface area contributed by atoms with Gasteiger partial charge in [-0.1, -0.05) is 55.8 Å². The van der Waals surface area contributed by atoms with E-state index in [-0.39, 0.29) is 0 Å². The van der Waals surface area contributed by atoms with E-state index >= 15 is 0 Å². The second-order valence-corrected chi connectivity index (χ2v) is 6.64. The number of nitrogens with one attached hydrogen (secondary N) is 1. The van der Waals surface area contributed by atoms with Crippen LogP contribution >= 0.6 is 0 Å². The summed E-state index contributed by atoms with van der Waals surface area (Å²) in [6.07, 6.45) is 8.47. The van der Waals surface area contributed by atoms with Crippen molar-refractivity contribution >= 4 is 17.7 Å². The normalized spacial score (nSPS) is 15.5. The van der Waals surface area contributed by atoms with Gasteiger partial charge in [0.2, 0.25) is 0 Å². The first-order valence-electron chi connectivity index (χ1n) is 9.60. The molecular weight excluding hydrogens is 322 g/mol. The van der Waals surface area contributed by atoms with E-state index in [1.807, 2.05) is 0 Å². The maximum Gasteiger partial charge on any atom is 0.134 e. The summed E-state index contributed by atoms with van der Waals surface area (Å²) in [7, 11) is 0. The summed E-state index contributed by atoms with van der Waals surface area (Å²) in [6.45, 7) is 8.28. The number of rotatable bonds is 8. The molecule has 1 fully saturated rings. The predicted molar refractivity (Wildman–Crippen MR) is 110 cm³/mol. The predicted octanol–water partition coefficient (Wildman–Crippen LogP) is 3.52. The summed E-state index contributed by atoms with van der Waals surface area (Å²) in [4.78, 5) is 13.6. The third kappa shape index (κ3) is 5.56. The molecule has 0 unspecified atom stereocenters. The Bertz CT molecular complexity index is 678. The standard InChI is InChI=1S/C21H29N5/c1-2-3-11-22-20-17-21(24-18-23-20)26-15-13-25(14-16-26)12-7-10-19-8-5-4-6-9-19/h4-10,17-18H,2-3,11-16H2,1H3,(H,22,23,24)/b10-7+. The van der Waals surface area contributed by atoms with E-state index in [2.05, 4.69) is 80.6 Å². The van der Waals surface area contributed by atoms with Gasteiger partial charge in [0.25, 0.3) is 0 Å². The molecule has 1 aliphatic heterocycles. The molecule has 5 nitrogen and oxygen atoms in total. The van der Waals surface area contributed by atoms with E-state index in [0.717, 1.165) is 57.3 Å². The molecule has 2 aromatic rings. The quantitative estimate of drug-likeness (QED) is 0.737. The van der Waals surface area contributed by atoms with Gasteiger partial charge in [-0.05, 0) is 12.0 Å². The topological polar surface area (TPSA) is 44.3 Å². The molecule has 1 N–H and O–H groups in total. The van der Waals surface area contributed by atoms with Crippen LogP contribution in [0, 0.1) is 0 Å². The van der Waals surface area contributed by atoms with Crippen LogP contribution < -0.4 is 10.2 Å². The van der Waals surface area contributed by atoms with Gasteiger partial charge in [-0.25, -0.2) is 9.97 Å². The summed E-state index contributed by atoms with van der Waals surface area (Å²) in [5.74, 6) is 1.95. The summed E-state index contributed by atoms with van der Waals surface area (Å²) >= 11 is 0. The molecular formula is C21H29N5. The maximum absolute atomic E-state index is 4.46. The molecule has 1 aromatic carbocycles. The molecule has 5 heteroatoms. The maximum atomic E-state index is 4.46. The van der Waals surface area contributed by atoms with Crippen molar-refractivity contribution in [2.45, 2.75) is 19.8 Å². The van der Waals surface area contributed by atoms with Gasteiger partial charge < -0.3 is 10.2 Å². The molecule has 0 spiro atoms. The van der Waals surface area contributed by atoms with Crippen LogP contribution in [-0.2, 0) is 0 Å². The van der Waals surface area contributed by atoms with Crippen molar-refractivity contribution in [1.82, 2.24) is 14.9 Å². The Morgan fingerprint density at radius 3 is 2.65 bits per heavy atom. The Morgan fingerprint density at radius 2 is 1.88 bits per heavy atom. The average Bonchev–Trinajstić information content (AvgIpc) is 2.70. The van der Waals surface area contributed by atoms with Crippen LogP contribution in [0.15, 0.2) is 48.8 Å². The Balaban J connectivity index is 1.46. The zero-order chi connectivity index (χ0) is 18.0. The van der Waals surface area contributed by atoms with Gasteiger partial charge in [0.05, 0.1) is 0 Å². The van der Waals surface area contributed by atoms with Gasteiger partial charge in [-0.15, -0.1) is 0 Å². The van der Waals surface area contributed by atoms with Crippen LogP contribution in [0.5, 0.6) is 0 Å². The number of unbranched alkanes of at least 4 members (excludes halogenated alkanes) is 1. The lowest BCUT2D eigenvalue weighted by Crippen LogP contribution is -2.46. The van der Waals surface area contributed by atoms with Gasteiger partial charge in [0.1, 0.15) is 18.0 Å². The molecule has 1 aromatic heterocycles. The van der Waals surface area contributed by atoms with Crippen molar-refractivity contribution in [3.05, 3.63) is 54.4 Å². The highest BCUT2D eigenvalue weighted by Crippen LogP contribution is 2.16. The molecule has 0 radical (unpaired) electrons. The molecule has 0 aliphatic carbocycles. The highest BCUT2D eigenvalue weighted by molar-refractivity contribution is 5.49. The van der Waals surface area contributed by atoms with Gasteiger partial charge >= 0.3 is 0 Å². The summed E-state index contributed by atoms with van der Waals surface area (Å²) in [5.41, 5.74) is 1.26. The lowest BCUT2D eigenvalue weighted by atomic mass is 10.2. The first-order chi connectivity index (χ1) is 12.8. The van der Waals surface area contributed by atoms with Crippen LogP contribution in [0.25, 0.3) is 6.08 Å². The minimum absolute atomic E-state index is 0.927. The molecule has 1 aliphatic rings. The van der Waals surface area contributed by atoms with E-state index in [1.165, 1.54) is 12.0 Å². The van der Waals surface area contributed by atoms with Crippen LogP contribution in [0.2, 0.25) is 0 Å².